The Morgan fingerprint density at radius 2 is 2.12 bits per heavy atom. The van der Waals surface area contributed by atoms with E-state index in [9.17, 15) is 9.90 Å². The Kier molecular flexibility index (Phi) is 4.95. The molecule has 0 aromatic rings. The molecular weight excluding hydrogens is 216 g/mol. The molecule has 1 atom stereocenters. The number of likely N-dealkylation sites (N-methyl/N-ethyl adjacent to an activating group) is 1. The van der Waals surface area contributed by atoms with Gasteiger partial charge in [0.15, 0.2) is 0 Å². The van der Waals surface area contributed by atoms with Crippen LogP contribution in [-0.2, 0) is 4.79 Å². The van der Waals surface area contributed by atoms with Crippen molar-refractivity contribution in [1.82, 2.24) is 9.80 Å². The van der Waals surface area contributed by atoms with Crippen LogP contribution in [0.3, 0.4) is 0 Å². The van der Waals surface area contributed by atoms with Crippen LogP contribution >= 0.6 is 0 Å². The predicted octanol–water partition coefficient (Wildman–Crippen LogP) is 1.09. The summed E-state index contributed by atoms with van der Waals surface area (Å²) in [6.07, 6.45) is 2.55. The summed E-state index contributed by atoms with van der Waals surface area (Å²) in [5.74, 6) is 0.151. The maximum Gasteiger partial charge on any atom is 0.239 e. The number of nitrogens with zero attached hydrogens (tertiary/aromatic N) is 2. The topological polar surface area (TPSA) is 43.8 Å². The first-order valence-electron chi connectivity index (χ1n) is 6.56. The van der Waals surface area contributed by atoms with Crippen LogP contribution in [0.15, 0.2) is 0 Å². The van der Waals surface area contributed by atoms with Crippen molar-refractivity contribution >= 4 is 5.91 Å². The van der Waals surface area contributed by atoms with Crippen molar-refractivity contribution in [2.45, 2.75) is 51.6 Å². The highest BCUT2D eigenvalue weighted by Gasteiger charge is 2.39. The molecule has 17 heavy (non-hydrogen) atoms. The first-order chi connectivity index (χ1) is 7.94. The molecule has 100 valence electrons. The minimum atomic E-state index is -0.164. The molecule has 0 aliphatic carbocycles. The molecule has 0 spiro atoms. The lowest BCUT2D eigenvalue weighted by Crippen LogP contribution is -2.53. The standard InChI is InChI=1S/C13H26N2O2/c1-5-8-15-11(6-10-16)12(17)14(4)9-7-13(15,2)3/h11,16H,5-10H2,1-4H3. The van der Waals surface area contributed by atoms with Gasteiger partial charge in [0.25, 0.3) is 0 Å². The smallest absolute Gasteiger partial charge is 0.239 e. The van der Waals surface area contributed by atoms with Gasteiger partial charge >= 0.3 is 0 Å². The van der Waals surface area contributed by atoms with Gasteiger partial charge in [-0.05, 0) is 39.7 Å². The summed E-state index contributed by atoms with van der Waals surface area (Å²) in [4.78, 5) is 16.4. The SMILES string of the molecule is CCCN1C(CCO)C(=O)N(C)CCC1(C)C. The normalized spacial score (nSPS) is 26.1. The van der Waals surface area contributed by atoms with E-state index in [4.69, 9.17) is 0 Å². The monoisotopic (exact) mass is 242 g/mol. The Labute approximate surface area is 105 Å². The first-order valence-corrected chi connectivity index (χ1v) is 6.56. The number of rotatable bonds is 4. The zero-order valence-corrected chi connectivity index (χ0v) is 11.6. The van der Waals surface area contributed by atoms with Crippen molar-refractivity contribution in [1.29, 1.82) is 0 Å². The van der Waals surface area contributed by atoms with Gasteiger partial charge in [-0.1, -0.05) is 6.92 Å². The largest absolute Gasteiger partial charge is 0.396 e. The van der Waals surface area contributed by atoms with Crippen LogP contribution < -0.4 is 0 Å². The van der Waals surface area contributed by atoms with E-state index in [1.54, 1.807) is 4.90 Å². The second-order valence-electron chi connectivity index (χ2n) is 5.54. The lowest BCUT2D eigenvalue weighted by atomic mass is 9.95. The van der Waals surface area contributed by atoms with Crippen molar-refractivity contribution in [2.24, 2.45) is 0 Å². The third kappa shape index (κ3) is 3.19. The maximum absolute atomic E-state index is 12.3. The molecule has 1 saturated heterocycles. The fourth-order valence-electron chi connectivity index (χ4n) is 2.61. The molecule has 1 aliphatic heterocycles. The molecule has 1 aliphatic rings. The molecule has 1 unspecified atom stereocenters. The van der Waals surface area contributed by atoms with Crippen molar-refractivity contribution in [3.05, 3.63) is 0 Å². The molecule has 1 heterocycles. The molecule has 0 radical (unpaired) electrons. The molecule has 4 nitrogen and oxygen atoms in total. The Morgan fingerprint density at radius 3 is 2.65 bits per heavy atom. The van der Waals surface area contributed by atoms with Gasteiger partial charge in [0.05, 0.1) is 6.04 Å². The molecule has 1 fully saturated rings. The Hall–Kier alpha value is -0.610. The van der Waals surface area contributed by atoms with Crippen molar-refractivity contribution < 1.29 is 9.90 Å². The summed E-state index contributed by atoms with van der Waals surface area (Å²) >= 11 is 0. The van der Waals surface area contributed by atoms with Gasteiger partial charge in [0, 0.05) is 25.7 Å². The third-order valence-corrected chi connectivity index (χ3v) is 3.74. The molecule has 0 aromatic heterocycles. The molecule has 0 aromatic carbocycles. The highest BCUT2D eigenvalue weighted by Crippen LogP contribution is 2.27. The zero-order valence-electron chi connectivity index (χ0n) is 11.6. The van der Waals surface area contributed by atoms with Crippen LogP contribution in [0, 0.1) is 0 Å². The van der Waals surface area contributed by atoms with E-state index in [0.29, 0.717) is 6.42 Å². The highest BCUT2D eigenvalue weighted by atomic mass is 16.3. The van der Waals surface area contributed by atoms with E-state index in [0.717, 1.165) is 25.9 Å². The molecule has 0 bridgehead atoms. The van der Waals surface area contributed by atoms with E-state index in [1.165, 1.54) is 0 Å². The number of carbonyl (C=O) groups excluding carboxylic acids is 1. The Morgan fingerprint density at radius 1 is 1.47 bits per heavy atom. The van der Waals surface area contributed by atoms with Crippen LogP contribution in [0.25, 0.3) is 0 Å². The van der Waals surface area contributed by atoms with E-state index in [1.807, 2.05) is 7.05 Å². The van der Waals surface area contributed by atoms with E-state index in [-0.39, 0.29) is 24.1 Å². The summed E-state index contributed by atoms with van der Waals surface area (Å²) in [6, 6.07) is -0.164. The van der Waals surface area contributed by atoms with E-state index in [2.05, 4.69) is 25.7 Å². The van der Waals surface area contributed by atoms with Gasteiger partial charge < -0.3 is 10.0 Å². The van der Waals surface area contributed by atoms with Crippen molar-refractivity contribution in [3.8, 4) is 0 Å². The average Bonchev–Trinajstić information content (AvgIpc) is 2.35. The summed E-state index contributed by atoms with van der Waals surface area (Å²) in [6.45, 7) is 8.30. The average molecular weight is 242 g/mol. The first kappa shape index (κ1) is 14.5. The number of hydrogen-bond donors (Lipinski definition) is 1. The number of amides is 1. The van der Waals surface area contributed by atoms with Gasteiger partial charge in [0.2, 0.25) is 5.91 Å². The summed E-state index contributed by atoms with van der Waals surface area (Å²) in [5, 5.41) is 9.17. The second kappa shape index (κ2) is 5.83. The van der Waals surface area contributed by atoms with E-state index >= 15 is 0 Å². The third-order valence-electron chi connectivity index (χ3n) is 3.74. The predicted molar refractivity (Wildman–Crippen MR) is 68.8 cm³/mol. The van der Waals surface area contributed by atoms with Crippen LogP contribution in [0.5, 0.6) is 0 Å². The second-order valence-corrected chi connectivity index (χ2v) is 5.54. The molecule has 4 heteroatoms. The Bertz CT molecular complexity index is 266. The summed E-state index contributed by atoms with van der Waals surface area (Å²) in [5.41, 5.74) is 0.0241. The van der Waals surface area contributed by atoms with Crippen molar-refractivity contribution in [3.63, 3.8) is 0 Å². The van der Waals surface area contributed by atoms with Crippen LogP contribution in [0.2, 0.25) is 0 Å². The lowest BCUT2D eigenvalue weighted by molar-refractivity contribution is -0.136. The molecule has 1 N–H and O–H groups in total. The van der Waals surface area contributed by atoms with Crippen LogP contribution in [0.4, 0.5) is 0 Å². The molecule has 1 amide bonds. The van der Waals surface area contributed by atoms with Crippen molar-refractivity contribution in [2.75, 3.05) is 26.7 Å². The van der Waals surface area contributed by atoms with Gasteiger partial charge in [-0.3, -0.25) is 9.69 Å². The highest BCUT2D eigenvalue weighted by molar-refractivity contribution is 5.82. The summed E-state index contributed by atoms with van der Waals surface area (Å²) in [7, 11) is 1.86. The van der Waals surface area contributed by atoms with Crippen LogP contribution in [-0.4, -0.2) is 59.1 Å². The number of carbonyl (C=O) groups is 1. The number of aliphatic hydroxyl groups excluding tert-OH is 1. The molecule has 0 saturated carbocycles. The minimum Gasteiger partial charge on any atom is -0.396 e. The van der Waals surface area contributed by atoms with E-state index < -0.39 is 0 Å². The van der Waals surface area contributed by atoms with Crippen LogP contribution in [0.1, 0.15) is 40.0 Å². The molecule has 1 rings (SSSR count). The Balaban J connectivity index is 2.98. The maximum atomic E-state index is 12.3. The van der Waals surface area contributed by atoms with Gasteiger partial charge in [-0.2, -0.15) is 0 Å². The van der Waals surface area contributed by atoms with Gasteiger partial charge in [0.1, 0.15) is 0 Å². The quantitative estimate of drug-likeness (QED) is 0.802. The molecular formula is C13H26N2O2. The number of hydrogen-bond acceptors (Lipinski definition) is 3. The lowest BCUT2D eigenvalue weighted by Gasteiger charge is -2.40. The zero-order chi connectivity index (χ0) is 13.1. The fraction of sp³-hybridized carbons (Fsp3) is 0.923. The van der Waals surface area contributed by atoms with Gasteiger partial charge in [-0.25, -0.2) is 0 Å². The number of aliphatic hydroxyl groups is 1. The summed E-state index contributed by atoms with van der Waals surface area (Å²) < 4.78 is 0. The minimum absolute atomic E-state index is 0.0241. The fourth-order valence-corrected chi connectivity index (χ4v) is 2.61. The van der Waals surface area contributed by atoms with Gasteiger partial charge in [-0.15, -0.1) is 0 Å².